The molecule has 2 heterocycles. The van der Waals surface area contributed by atoms with E-state index in [1.54, 1.807) is 37.3 Å². The topological polar surface area (TPSA) is 71.7 Å². The zero-order valence-corrected chi connectivity index (χ0v) is 13.5. The van der Waals surface area contributed by atoms with Gasteiger partial charge in [-0.05, 0) is 36.0 Å². The second-order valence-corrected chi connectivity index (χ2v) is 5.95. The fourth-order valence-corrected chi connectivity index (χ4v) is 2.85. The van der Waals surface area contributed by atoms with Crippen molar-refractivity contribution in [3.05, 3.63) is 52.9 Å². The lowest BCUT2D eigenvalue weighted by Gasteiger charge is -1.99. The van der Waals surface area contributed by atoms with Crippen LogP contribution in [0.15, 0.2) is 50.7 Å². The van der Waals surface area contributed by atoms with Crippen molar-refractivity contribution < 1.29 is 18.4 Å². The molecule has 24 heavy (non-hydrogen) atoms. The summed E-state index contributed by atoms with van der Waals surface area (Å²) in [6.07, 6.45) is 1.82. The maximum Gasteiger partial charge on any atom is 0.286 e. The quantitative estimate of drug-likeness (QED) is 0.864. The summed E-state index contributed by atoms with van der Waals surface area (Å²) in [6, 6.07) is 9.56. The van der Waals surface area contributed by atoms with Gasteiger partial charge in [0.05, 0.1) is 10.5 Å². The molecule has 1 aliphatic rings. The molecule has 0 unspecified atom stereocenters. The van der Waals surface area contributed by atoms with Crippen molar-refractivity contribution >= 4 is 34.8 Å². The van der Waals surface area contributed by atoms with Gasteiger partial charge in [0.2, 0.25) is 5.91 Å². The lowest BCUT2D eigenvalue weighted by molar-refractivity contribution is -0.119. The largest absolute Gasteiger partial charge is 0.457 e. The van der Waals surface area contributed by atoms with E-state index in [0.29, 0.717) is 28.4 Å². The van der Waals surface area contributed by atoms with E-state index in [1.165, 1.54) is 12.1 Å². The molecule has 5 nitrogen and oxygen atoms in total. The molecule has 1 aromatic heterocycles. The lowest BCUT2D eigenvalue weighted by atomic mass is 10.1. The Balaban J connectivity index is 1.78. The van der Waals surface area contributed by atoms with Crippen LogP contribution in [0.3, 0.4) is 0 Å². The van der Waals surface area contributed by atoms with Crippen LogP contribution in [0.1, 0.15) is 19.1 Å². The Morgan fingerprint density at radius 2 is 2.12 bits per heavy atom. The summed E-state index contributed by atoms with van der Waals surface area (Å²) in [6.45, 7) is 1.71. The van der Waals surface area contributed by atoms with Crippen molar-refractivity contribution in [1.82, 2.24) is 5.32 Å². The minimum Gasteiger partial charge on any atom is -0.457 e. The maximum absolute atomic E-state index is 13.8. The standard InChI is InChI=1S/C17H13FN2O3S/c1-2-15(21)19-17-20-16(22)14(24-17)9-10-7-8-13(23-10)11-5-3-4-6-12(11)18/h3-9H,2H2,1H3,(H,19,20,21,22)/b14-9+. The zero-order chi connectivity index (χ0) is 17.1. The molecule has 2 amide bonds. The van der Waals surface area contributed by atoms with Gasteiger partial charge in [-0.1, -0.05) is 19.1 Å². The highest BCUT2D eigenvalue weighted by molar-refractivity contribution is 8.18. The molecule has 0 bridgehead atoms. The molecule has 0 saturated heterocycles. The van der Waals surface area contributed by atoms with Crippen LogP contribution in [0.2, 0.25) is 0 Å². The monoisotopic (exact) mass is 344 g/mol. The summed E-state index contributed by atoms with van der Waals surface area (Å²) in [7, 11) is 0. The molecule has 0 atom stereocenters. The molecule has 122 valence electrons. The summed E-state index contributed by atoms with van der Waals surface area (Å²) < 4.78 is 19.3. The Kier molecular flexibility index (Phi) is 4.61. The highest BCUT2D eigenvalue weighted by atomic mass is 32.2. The second-order valence-electron chi connectivity index (χ2n) is 4.92. The predicted octanol–water partition coefficient (Wildman–Crippen LogP) is 3.58. The van der Waals surface area contributed by atoms with Crippen LogP contribution in [0.5, 0.6) is 0 Å². The highest BCUT2D eigenvalue weighted by Crippen LogP contribution is 2.30. The van der Waals surface area contributed by atoms with Crippen molar-refractivity contribution in [2.75, 3.05) is 0 Å². The van der Waals surface area contributed by atoms with Crippen LogP contribution in [0.25, 0.3) is 17.4 Å². The molecule has 1 aromatic carbocycles. The average Bonchev–Trinajstić information content (AvgIpc) is 3.15. The van der Waals surface area contributed by atoms with E-state index in [4.69, 9.17) is 4.42 Å². The number of hydrogen-bond acceptors (Lipinski definition) is 4. The number of amidine groups is 1. The summed E-state index contributed by atoms with van der Waals surface area (Å²) in [5, 5.41) is 2.79. The number of aliphatic imine (C=N–C) groups is 1. The predicted molar refractivity (Wildman–Crippen MR) is 90.5 cm³/mol. The third kappa shape index (κ3) is 3.46. The summed E-state index contributed by atoms with van der Waals surface area (Å²) in [5.74, 6) is -0.270. The maximum atomic E-state index is 13.8. The Morgan fingerprint density at radius 1 is 1.33 bits per heavy atom. The molecule has 0 spiro atoms. The van der Waals surface area contributed by atoms with Crippen molar-refractivity contribution in [2.45, 2.75) is 13.3 Å². The molecule has 0 aliphatic carbocycles. The first-order valence-electron chi connectivity index (χ1n) is 7.24. The second kappa shape index (κ2) is 6.84. The number of carbonyl (C=O) groups excluding carboxylic acids is 2. The number of nitrogens with zero attached hydrogens (tertiary/aromatic N) is 1. The van der Waals surface area contributed by atoms with E-state index in [1.807, 2.05) is 0 Å². The van der Waals surface area contributed by atoms with Crippen molar-refractivity contribution in [3.63, 3.8) is 0 Å². The summed E-state index contributed by atoms with van der Waals surface area (Å²) in [5.41, 5.74) is 0.347. The van der Waals surface area contributed by atoms with E-state index in [0.717, 1.165) is 11.8 Å². The Bertz CT molecular complexity index is 870. The van der Waals surface area contributed by atoms with Crippen molar-refractivity contribution in [1.29, 1.82) is 0 Å². The number of carbonyl (C=O) groups is 2. The smallest absolute Gasteiger partial charge is 0.286 e. The number of furan rings is 1. The molecule has 0 radical (unpaired) electrons. The molecular formula is C17H13FN2O3S. The van der Waals surface area contributed by atoms with Crippen LogP contribution >= 0.6 is 11.8 Å². The highest BCUT2D eigenvalue weighted by Gasteiger charge is 2.23. The van der Waals surface area contributed by atoms with E-state index in [2.05, 4.69) is 10.3 Å². The van der Waals surface area contributed by atoms with Gasteiger partial charge >= 0.3 is 0 Å². The first-order chi connectivity index (χ1) is 11.6. The molecule has 0 saturated carbocycles. The van der Waals surface area contributed by atoms with E-state index in [-0.39, 0.29) is 16.9 Å². The molecule has 3 rings (SSSR count). The van der Waals surface area contributed by atoms with E-state index in [9.17, 15) is 14.0 Å². The normalized spacial score (nSPS) is 15.7. The Hall–Kier alpha value is -2.67. The van der Waals surface area contributed by atoms with Crippen LogP contribution in [0, 0.1) is 5.82 Å². The Labute approximate surface area is 141 Å². The number of amides is 2. The van der Waals surface area contributed by atoms with Gasteiger partial charge in [-0.25, -0.2) is 4.39 Å². The first-order valence-corrected chi connectivity index (χ1v) is 8.05. The third-order valence-electron chi connectivity index (χ3n) is 3.23. The third-order valence-corrected chi connectivity index (χ3v) is 4.13. The van der Waals surface area contributed by atoms with Gasteiger partial charge in [0.15, 0.2) is 5.17 Å². The van der Waals surface area contributed by atoms with Crippen molar-refractivity contribution in [2.24, 2.45) is 4.99 Å². The van der Waals surface area contributed by atoms with Gasteiger partial charge in [-0.15, -0.1) is 0 Å². The van der Waals surface area contributed by atoms with Crippen LogP contribution in [-0.4, -0.2) is 17.0 Å². The lowest BCUT2D eigenvalue weighted by Crippen LogP contribution is -2.26. The van der Waals surface area contributed by atoms with Crippen molar-refractivity contribution in [3.8, 4) is 11.3 Å². The SMILES string of the molecule is CCC(=O)NC1=NC(=O)/C(=C\c2ccc(-c3ccccc3F)o2)S1. The zero-order valence-electron chi connectivity index (χ0n) is 12.7. The number of halogens is 1. The summed E-state index contributed by atoms with van der Waals surface area (Å²) >= 11 is 1.06. The van der Waals surface area contributed by atoms with Crippen LogP contribution < -0.4 is 5.32 Å². The minimum atomic E-state index is -0.449. The van der Waals surface area contributed by atoms with E-state index < -0.39 is 5.91 Å². The average molecular weight is 344 g/mol. The number of benzene rings is 1. The van der Waals surface area contributed by atoms with Gasteiger partial charge in [-0.3, -0.25) is 9.59 Å². The molecule has 0 fully saturated rings. The molecular weight excluding hydrogens is 331 g/mol. The summed E-state index contributed by atoms with van der Waals surface area (Å²) in [4.78, 5) is 27.3. The minimum absolute atomic E-state index is 0.213. The number of hydrogen-bond donors (Lipinski definition) is 1. The van der Waals surface area contributed by atoms with Gasteiger partial charge in [0.25, 0.3) is 5.91 Å². The number of thioether (sulfide) groups is 1. The van der Waals surface area contributed by atoms with Crippen LogP contribution in [-0.2, 0) is 9.59 Å². The molecule has 1 N–H and O–H groups in total. The van der Waals surface area contributed by atoms with Gasteiger partial charge in [0, 0.05) is 12.5 Å². The van der Waals surface area contributed by atoms with Gasteiger partial charge in [-0.2, -0.15) is 4.99 Å². The van der Waals surface area contributed by atoms with E-state index >= 15 is 0 Å². The number of nitrogens with one attached hydrogen (secondary N) is 1. The van der Waals surface area contributed by atoms with Gasteiger partial charge in [0.1, 0.15) is 17.3 Å². The molecule has 2 aromatic rings. The molecule has 1 aliphatic heterocycles. The van der Waals surface area contributed by atoms with Gasteiger partial charge < -0.3 is 9.73 Å². The fraction of sp³-hybridized carbons (Fsp3) is 0.118. The first kappa shape index (κ1) is 16.2. The fourth-order valence-electron chi connectivity index (χ4n) is 2.04. The Morgan fingerprint density at radius 3 is 2.88 bits per heavy atom. The molecule has 7 heteroatoms. The number of rotatable bonds is 3. The van der Waals surface area contributed by atoms with Crippen LogP contribution in [0.4, 0.5) is 4.39 Å².